The predicted octanol–water partition coefficient (Wildman–Crippen LogP) is 2.19. The van der Waals surface area contributed by atoms with Gasteiger partial charge in [0, 0.05) is 33.3 Å². The van der Waals surface area contributed by atoms with Crippen LogP contribution in [-0.4, -0.2) is 65.1 Å². The Morgan fingerprint density at radius 1 is 0.846 bits per heavy atom. The van der Waals surface area contributed by atoms with E-state index in [0.717, 1.165) is 44.4 Å². The molecule has 2 aromatic carbocycles. The molecule has 1 aliphatic rings. The summed E-state index contributed by atoms with van der Waals surface area (Å²) in [6.45, 7) is 5.89. The van der Waals surface area contributed by atoms with Gasteiger partial charge in [0.05, 0.1) is 0 Å². The van der Waals surface area contributed by atoms with Gasteiger partial charge in [-0.1, -0.05) is 24.3 Å². The molecule has 1 saturated heterocycles. The summed E-state index contributed by atoms with van der Waals surface area (Å²) in [7, 11) is 0. The Hall–Kier alpha value is -3.96. The van der Waals surface area contributed by atoms with Crippen molar-refractivity contribution in [2.45, 2.75) is 71.2 Å². The highest BCUT2D eigenvalue weighted by molar-refractivity contribution is 5.69. The van der Waals surface area contributed by atoms with Gasteiger partial charge in [-0.25, -0.2) is 0 Å². The molecule has 0 spiro atoms. The van der Waals surface area contributed by atoms with Crippen molar-refractivity contribution in [3.05, 3.63) is 64.7 Å². The second-order valence-electron chi connectivity index (χ2n) is 9.32. The van der Waals surface area contributed by atoms with Crippen LogP contribution in [0.2, 0.25) is 0 Å². The van der Waals surface area contributed by atoms with E-state index in [2.05, 4.69) is 0 Å². The van der Waals surface area contributed by atoms with Crippen LogP contribution in [0.1, 0.15) is 49.9 Å². The van der Waals surface area contributed by atoms with Crippen molar-refractivity contribution in [2.75, 3.05) is 6.61 Å². The van der Waals surface area contributed by atoms with Gasteiger partial charge in [0.25, 0.3) is 0 Å². The Morgan fingerprint density at radius 2 is 1.44 bits per heavy atom. The van der Waals surface area contributed by atoms with E-state index in [0.29, 0.717) is 6.42 Å². The molecule has 210 valence electrons. The molecule has 3 rings (SSSR count). The van der Waals surface area contributed by atoms with Crippen molar-refractivity contribution in [3.63, 3.8) is 0 Å². The predicted molar refractivity (Wildman–Crippen MR) is 134 cm³/mol. The highest BCUT2D eigenvalue weighted by Gasteiger charge is 2.60. The van der Waals surface area contributed by atoms with E-state index in [1.807, 2.05) is 6.92 Å². The number of aliphatic hydroxyl groups is 1. The Balaban J connectivity index is 2.14. The van der Waals surface area contributed by atoms with Gasteiger partial charge in [-0.15, -0.1) is 0 Å². The van der Waals surface area contributed by atoms with Crippen LogP contribution in [0.25, 0.3) is 0 Å². The first kappa shape index (κ1) is 29.6. The Bertz CT molecular complexity index is 1220. The first-order chi connectivity index (χ1) is 18.3. The zero-order valence-corrected chi connectivity index (χ0v) is 22.3. The normalized spacial score (nSPS) is 24.4. The number of hydrogen-bond acceptors (Lipinski definition) is 11. The third kappa shape index (κ3) is 7.33. The van der Waals surface area contributed by atoms with Crippen molar-refractivity contribution in [2.24, 2.45) is 0 Å². The maximum Gasteiger partial charge on any atom is 0.303 e. The van der Waals surface area contributed by atoms with Crippen LogP contribution in [0.5, 0.6) is 5.75 Å². The fraction of sp³-hybridized carbons (Fsp3) is 0.429. The van der Waals surface area contributed by atoms with Crippen LogP contribution >= 0.6 is 0 Å². The minimum Gasteiger partial charge on any atom is -0.508 e. The molecule has 0 radical (unpaired) electrons. The summed E-state index contributed by atoms with van der Waals surface area (Å²) in [6, 6.07) is 11.6. The molecule has 2 aromatic rings. The Morgan fingerprint density at radius 3 is 2.00 bits per heavy atom. The van der Waals surface area contributed by atoms with E-state index in [1.54, 1.807) is 42.5 Å². The van der Waals surface area contributed by atoms with E-state index in [4.69, 9.17) is 23.7 Å². The third-order valence-electron chi connectivity index (χ3n) is 6.15. The summed E-state index contributed by atoms with van der Waals surface area (Å²) in [5.74, 6) is -5.35. The zero-order valence-electron chi connectivity index (χ0n) is 22.3. The third-order valence-corrected chi connectivity index (χ3v) is 6.15. The van der Waals surface area contributed by atoms with Crippen LogP contribution in [0.4, 0.5) is 0 Å². The van der Waals surface area contributed by atoms with Gasteiger partial charge in [0.15, 0.2) is 12.2 Å². The van der Waals surface area contributed by atoms with E-state index in [9.17, 15) is 29.4 Å². The van der Waals surface area contributed by atoms with E-state index in [-0.39, 0.29) is 11.3 Å². The molecular formula is C28H32O11. The molecule has 0 aliphatic carbocycles. The second-order valence-corrected chi connectivity index (χ2v) is 9.32. The molecule has 0 amide bonds. The second kappa shape index (κ2) is 12.3. The molecule has 11 heteroatoms. The monoisotopic (exact) mass is 544 g/mol. The fourth-order valence-corrected chi connectivity index (χ4v) is 4.43. The number of phenolic OH excluding ortho intramolecular Hbond substituents is 1. The number of carbonyl (C=O) groups excluding carboxylic acids is 4. The molecule has 0 aromatic heterocycles. The van der Waals surface area contributed by atoms with Gasteiger partial charge in [-0.3, -0.25) is 19.2 Å². The number of esters is 4. The molecule has 5 atom stereocenters. The lowest BCUT2D eigenvalue weighted by molar-refractivity contribution is -0.360. The van der Waals surface area contributed by atoms with Crippen LogP contribution in [-0.2, 0) is 55.1 Å². The number of aromatic hydroxyl groups is 1. The molecule has 2 N–H and O–H groups in total. The number of phenols is 1. The molecule has 0 unspecified atom stereocenters. The van der Waals surface area contributed by atoms with Crippen LogP contribution in [0.3, 0.4) is 0 Å². The highest BCUT2D eigenvalue weighted by atomic mass is 16.7. The van der Waals surface area contributed by atoms with Crippen molar-refractivity contribution in [3.8, 4) is 5.75 Å². The molecule has 0 saturated carbocycles. The molecular weight excluding hydrogens is 512 g/mol. The lowest BCUT2D eigenvalue weighted by atomic mass is 9.85. The average Bonchev–Trinajstić information content (AvgIpc) is 2.84. The summed E-state index contributed by atoms with van der Waals surface area (Å²) in [5, 5.41) is 21.6. The minimum atomic E-state index is -2.41. The molecule has 1 aliphatic heterocycles. The van der Waals surface area contributed by atoms with E-state index < -0.39 is 60.7 Å². The summed E-state index contributed by atoms with van der Waals surface area (Å²) < 4.78 is 27.3. The highest BCUT2D eigenvalue weighted by Crippen LogP contribution is 2.41. The number of aryl methyl sites for hydroxylation is 1. The van der Waals surface area contributed by atoms with Crippen molar-refractivity contribution in [1.82, 2.24) is 0 Å². The van der Waals surface area contributed by atoms with Crippen molar-refractivity contribution >= 4 is 23.9 Å². The summed E-state index contributed by atoms with van der Waals surface area (Å²) in [4.78, 5) is 47.8. The standard InChI is InChI=1S/C28H32O11/c1-15-6-9-22(13-21(15)12-20-7-10-23(33)11-8-20)28(34)27(38-19(5)32)26(37-18(4)31)25(36-17(3)30)24(39-28)14-35-16(2)29/h6-11,13,24-27,33-34H,12,14H2,1-5H3/t24-,25-,26+,27-,28+/m1/s1. The number of ether oxygens (including phenoxy) is 5. The van der Waals surface area contributed by atoms with Crippen LogP contribution in [0.15, 0.2) is 42.5 Å². The Labute approximate surface area is 225 Å². The maximum atomic E-state index is 12.2. The summed E-state index contributed by atoms with van der Waals surface area (Å²) >= 11 is 0. The Kier molecular flexibility index (Phi) is 9.31. The van der Waals surface area contributed by atoms with Gasteiger partial charge in [0.1, 0.15) is 18.5 Å². The zero-order chi connectivity index (χ0) is 28.9. The molecule has 1 fully saturated rings. The van der Waals surface area contributed by atoms with Gasteiger partial charge in [0.2, 0.25) is 11.9 Å². The van der Waals surface area contributed by atoms with Crippen molar-refractivity contribution in [1.29, 1.82) is 0 Å². The molecule has 39 heavy (non-hydrogen) atoms. The topological polar surface area (TPSA) is 155 Å². The van der Waals surface area contributed by atoms with Gasteiger partial charge < -0.3 is 33.9 Å². The maximum absolute atomic E-state index is 12.2. The number of carbonyl (C=O) groups is 4. The molecule has 11 nitrogen and oxygen atoms in total. The number of benzene rings is 2. The average molecular weight is 545 g/mol. The largest absolute Gasteiger partial charge is 0.508 e. The lowest BCUT2D eigenvalue weighted by Crippen LogP contribution is -2.66. The fourth-order valence-electron chi connectivity index (χ4n) is 4.43. The minimum absolute atomic E-state index is 0.121. The summed E-state index contributed by atoms with van der Waals surface area (Å²) in [5.41, 5.74) is 2.68. The van der Waals surface area contributed by atoms with E-state index >= 15 is 0 Å². The smallest absolute Gasteiger partial charge is 0.303 e. The lowest BCUT2D eigenvalue weighted by Gasteiger charge is -2.48. The molecule has 0 bridgehead atoms. The first-order valence-electron chi connectivity index (χ1n) is 12.2. The number of hydrogen-bond donors (Lipinski definition) is 2. The summed E-state index contributed by atoms with van der Waals surface area (Å²) in [6.07, 6.45) is -5.45. The van der Waals surface area contributed by atoms with Crippen LogP contribution in [0, 0.1) is 6.92 Å². The quantitative estimate of drug-likeness (QED) is 0.371. The van der Waals surface area contributed by atoms with Gasteiger partial charge >= 0.3 is 23.9 Å². The van der Waals surface area contributed by atoms with Gasteiger partial charge in [-0.2, -0.15) is 0 Å². The molecule has 1 heterocycles. The first-order valence-corrected chi connectivity index (χ1v) is 12.2. The number of rotatable bonds is 8. The SMILES string of the molecule is CC(=O)OC[C@H]1O[C@@](O)(c2ccc(C)c(Cc3ccc(O)cc3)c2)[C@H](OC(C)=O)[C@@H](OC(C)=O)[C@@H]1OC(C)=O. The van der Waals surface area contributed by atoms with E-state index in [1.165, 1.54) is 0 Å². The van der Waals surface area contributed by atoms with Crippen molar-refractivity contribution < 1.29 is 53.1 Å². The van der Waals surface area contributed by atoms with Gasteiger partial charge in [-0.05, 0) is 48.2 Å². The van der Waals surface area contributed by atoms with Crippen LogP contribution < -0.4 is 0 Å².